The third kappa shape index (κ3) is 4.07. The molecule has 3 rings (SSSR count). The van der Waals surface area contributed by atoms with Crippen molar-refractivity contribution < 1.29 is 9.53 Å². The first-order valence-corrected chi connectivity index (χ1v) is 8.62. The summed E-state index contributed by atoms with van der Waals surface area (Å²) in [4.78, 5) is 18.6. The molecule has 1 atom stereocenters. The third-order valence-electron chi connectivity index (χ3n) is 4.38. The van der Waals surface area contributed by atoms with Crippen molar-refractivity contribution in [3.8, 4) is 5.88 Å². The quantitative estimate of drug-likeness (QED) is 0.892. The van der Waals surface area contributed by atoms with Crippen molar-refractivity contribution in [1.29, 1.82) is 0 Å². The van der Waals surface area contributed by atoms with Crippen LogP contribution in [0.1, 0.15) is 37.1 Å². The average Bonchev–Trinajstić information content (AvgIpc) is 3.07. The van der Waals surface area contributed by atoms with E-state index in [4.69, 9.17) is 4.74 Å². The minimum absolute atomic E-state index is 0.0711. The van der Waals surface area contributed by atoms with E-state index in [2.05, 4.69) is 20.5 Å². The maximum absolute atomic E-state index is 12.6. The number of rotatable bonds is 5. The van der Waals surface area contributed by atoms with Gasteiger partial charge in [0.15, 0.2) is 0 Å². The Morgan fingerprint density at radius 3 is 3.12 bits per heavy atom. The molecule has 1 N–H and O–H groups in total. The average molecular weight is 344 g/mol. The number of aryl methyl sites for hydroxylation is 1. The van der Waals surface area contributed by atoms with Gasteiger partial charge in [0.1, 0.15) is 12.2 Å². The molecule has 134 valence electrons. The summed E-state index contributed by atoms with van der Waals surface area (Å²) in [6.07, 6.45) is 5.37. The number of carbonyl (C=O) groups excluding carboxylic acids is 1. The van der Waals surface area contributed by atoms with Gasteiger partial charge in [-0.2, -0.15) is 0 Å². The summed E-state index contributed by atoms with van der Waals surface area (Å²) in [6.45, 7) is 4.27. The number of ether oxygens (including phenoxy) is 1. The van der Waals surface area contributed by atoms with Crippen molar-refractivity contribution in [2.75, 3.05) is 19.7 Å². The summed E-state index contributed by atoms with van der Waals surface area (Å²) in [5.74, 6) is 1.73. The van der Waals surface area contributed by atoms with Crippen LogP contribution < -0.4 is 10.1 Å². The highest BCUT2D eigenvalue weighted by Gasteiger charge is 2.27. The number of nitrogens with zero attached hydrogens (tertiary/aromatic N) is 5. The van der Waals surface area contributed by atoms with E-state index < -0.39 is 0 Å². The third-order valence-corrected chi connectivity index (χ3v) is 4.38. The molecule has 1 fully saturated rings. The zero-order chi connectivity index (χ0) is 17.6. The summed E-state index contributed by atoms with van der Waals surface area (Å²) in [5, 5.41) is 11.1. The zero-order valence-electron chi connectivity index (χ0n) is 14.7. The molecule has 1 saturated heterocycles. The fourth-order valence-corrected chi connectivity index (χ4v) is 3.14. The molecule has 0 bridgehead atoms. The topological polar surface area (TPSA) is 85.2 Å². The minimum atomic E-state index is -0.0711. The van der Waals surface area contributed by atoms with Crippen molar-refractivity contribution in [3.05, 3.63) is 36.0 Å². The lowest BCUT2D eigenvalue weighted by atomic mass is 9.97. The molecule has 1 aliphatic rings. The summed E-state index contributed by atoms with van der Waals surface area (Å²) >= 11 is 0. The van der Waals surface area contributed by atoms with E-state index in [1.54, 1.807) is 12.5 Å². The van der Waals surface area contributed by atoms with Crippen molar-refractivity contribution in [2.45, 2.75) is 32.2 Å². The molecule has 2 aromatic rings. The van der Waals surface area contributed by atoms with Gasteiger partial charge in [-0.05, 0) is 25.8 Å². The largest absolute Gasteiger partial charge is 0.478 e. The number of amides is 2. The van der Waals surface area contributed by atoms with Crippen molar-refractivity contribution in [1.82, 2.24) is 30.0 Å². The Hall–Kier alpha value is -2.64. The molecule has 8 nitrogen and oxygen atoms in total. The first kappa shape index (κ1) is 17.2. The van der Waals surface area contributed by atoms with Crippen molar-refractivity contribution in [2.24, 2.45) is 7.05 Å². The molecule has 8 heteroatoms. The number of urea groups is 1. The normalized spacial score (nSPS) is 17.4. The molecule has 2 amide bonds. The number of likely N-dealkylation sites (tertiary alicyclic amines) is 1. The van der Waals surface area contributed by atoms with E-state index in [1.165, 1.54) is 0 Å². The van der Waals surface area contributed by atoms with Gasteiger partial charge in [-0.15, -0.1) is 10.2 Å². The smallest absolute Gasteiger partial charge is 0.317 e. The number of aromatic nitrogens is 4. The Labute approximate surface area is 147 Å². The Kier molecular flexibility index (Phi) is 5.47. The monoisotopic (exact) mass is 344 g/mol. The maximum Gasteiger partial charge on any atom is 0.317 e. The first-order chi connectivity index (χ1) is 12.2. The Morgan fingerprint density at radius 2 is 2.36 bits per heavy atom. The summed E-state index contributed by atoms with van der Waals surface area (Å²) in [7, 11) is 1.94. The van der Waals surface area contributed by atoms with E-state index >= 15 is 0 Å². The lowest BCUT2D eigenvalue weighted by molar-refractivity contribution is 0.177. The van der Waals surface area contributed by atoms with Gasteiger partial charge in [-0.1, -0.05) is 6.07 Å². The molecule has 0 aromatic carbocycles. The summed E-state index contributed by atoms with van der Waals surface area (Å²) in [5.41, 5.74) is 0.875. The molecule has 0 aliphatic carbocycles. The molecule has 3 heterocycles. The van der Waals surface area contributed by atoms with Crippen LogP contribution in [0, 0.1) is 0 Å². The predicted octanol–water partition coefficient (Wildman–Crippen LogP) is 1.70. The van der Waals surface area contributed by atoms with Crippen molar-refractivity contribution >= 4 is 6.03 Å². The number of hydrogen-bond acceptors (Lipinski definition) is 5. The van der Waals surface area contributed by atoms with Gasteiger partial charge < -0.3 is 19.5 Å². The van der Waals surface area contributed by atoms with Gasteiger partial charge in [-0.25, -0.2) is 9.78 Å². The second kappa shape index (κ2) is 7.96. The van der Waals surface area contributed by atoms with Crippen LogP contribution in [0.5, 0.6) is 5.88 Å². The molecule has 0 unspecified atom stereocenters. The Morgan fingerprint density at radius 1 is 1.48 bits per heavy atom. The fourth-order valence-electron chi connectivity index (χ4n) is 3.14. The molecular weight excluding hydrogens is 320 g/mol. The second-order valence-corrected chi connectivity index (χ2v) is 6.14. The van der Waals surface area contributed by atoms with E-state index in [0.717, 1.165) is 30.8 Å². The van der Waals surface area contributed by atoms with Crippen LogP contribution in [-0.4, -0.2) is 50.4 Å². The van der Waals surface area contributed by atoms with Crippen LogP contribution in [0.3, 0.4) is 0 Å². The number of carbonyl (C=O) groups is 1. The molecule has 25 heavy (non-hydrogen) atoms. The highest BCUT2D eigenvalue weighted by atomic mass is 16.5. The van der Waals surface area contributed by atoms with E-state index in [9.17, 15) is 4.79 Å². The number of piperidine rings is 1. The summed E-state index contributed by atoms with van der Waals surface area (Å²) in [6, 6.07) is 3.68. The van der Waals surface area contributed by atoms with E-state index in [1.807, 2.05) is 35.6 Å². The van der Waals surface area contributed by atoms with Crippen LogP contribution in [0.4, 0.5) is 4.79 Å². The van der Waals surface area contributed by atoms with Crippen LogP contribution >= 0.6 is 0 Å². The number of nitrogens with one attached hydrogen (secondary N) is 1. The van der Waals surface area contributed by atoms with Gasteiger partial charge in [0.05, 0.1) is 6.61 Å². The molecule has 0 radical (unpaired) electrons. The standard InChI is InChI=1S/C17H24N6O2/c1-3-25-16-13(6-4-8-18-16)10-19-17(24)23-9-5-7-14(11-23)15-21-20-12-22(15)2/h4,6,8,12,14H,3,5,7,9-11H2,1-2H3,(H,19,24)/t14-/m0/s1. The highest BCUT2D eigenvalue weighted by Crippen LogP contribution is 2.25. The Bertz CT molecular complexity index is 717. The van der Waals surface area contributed by atoms with Crippen LogP contribution in [0.15, 0.2) is 24.7 Å². The van der Waals surface area contributed by atoms with Gasteiger partial charge in [0.2, 0.25) is 5.88 Å². The second-order valence-electron chi connectivity index (χ2n) is 6.14. The lowest BCUT2D eigenvalue weighted by Gasteiger charge is -2.32. The van der Waals surface area contributed by atoms with E-state index in [-0.39, 0.29) is 11.9 Å². The first-order valence-electron chi connectivity index (χ1n) is 8.62. The molecule has 0 saturated carbocycles. The fraction of sp³-hybridized carbons (Fsp3) is 0.529. The molecule has 2 aromatic heterocycles. The van der Waals surface area contributed by atoms with Gasteiger partial charge >= 0.3 is 6.03 Å². The molecule has 0 spiro atoms. The van der Waals surface area contributed by atoms with Gasteiger partial charge in [0.25, 0.3) is 0 Å². The van der Waals surface area contributed by atoms with Crippen LogP contribution in [0.2, 0.25) is 0 Å². The van der Waals surface area contributed by atoms with Crippen LogP contribution in [0.25, 0.3) is 0 Å². The molecule has 1 aliphatic heterocycles. The number of pyridine rings is 1. The van der Waals surface area contributed by atoms with Crippen LogP contribution in [-0.2, 0) is 13.6 Å². The minimum Gasteiger partial charge on any atom is -0.478 e. The van der Waals surface area contributed by atoms with Crippen molar-refractivity contribution in [3.63, 3.8) is 0 Å². The number of hydrogen-bond donors (Lipinski definition) is 1. The van der Waals surface area contributed by atoms with Gasteiger partial charge in [-0.3, -0.25) is 0 Å². The highest BCUT2D eigenvalue weighted by molar-refractivity contribution is 5.74. The summed E-state index contributed by atoms with van der Waals surface area (Å²) < 4.78 is 7.43. The zero-order valence-corrected chi connectivity index (χ0v) is 14.7. The van der Waals surface area contributed by atoms with E-state index in [0.29, 0.717) is 25.6 Å². The Balaban J connectivity index is 1.59. The lowest BCUT2D eigenvalue weighted by Crippen LogP contribution is -2.45. The van der Waals surface area contributed by atoms with Gasteiger partial charge in [0, 0.05) is 44.4 Å². The maximum atomic E-state index is 12.6. The molecular formula is C17H24N6O2. The SMILES string of the molecule is CCOc1ncccc1CNC(=O)N1CCC[C@H](c2nncn2C)C1. The predicted molar refractivity (Wildman–Crippen MR) is 92.2 cm³/mol.